The molecule has 0 unspecified atom stereocenters. The Morgan fingerprint density at radius 2 is 2.18 bits per heavy atom. The number of carbonyl (C=O) groups excluding carboxylic acids is 1. The van der Waals surface area contributed by atoms with Gasteiger partial charge < -0.3 is 10.7 Å². The molecule has 1 aromatic carbocycles. The predicted molar refractivity (Wildman–Crippen MR) is 64.2 cm³/mol. The molecular formula is C13H15FN2O. The maximum absolute atomic E-state index is 13.9. The molecule has 1 aliphatic heterocycles. The molecule has 4 heteroatoms. The Bertz CT molecular complexity index is 494. The third kappa shape index (κ3) is 1.95. The monoisotopic (exact) mass is 234 g/mol. The number of amides is 1. The van der Waals surface area contributed by atoms with Crippen molar-refractivity contribution in [3.63, 3.8) is 0 Å². The summed E-state index contributed by atoms with van der Waals surface area (Å²) in [7, 11) is 0. The third-order valence-corrected chi connectivity index (χ3v) is 3.18. The molecule has 1 aromatic rings. The molecule has 17 heavy (non-hydrogen) atoms. The van der Waals surface area contributed by atoms with E-state index in [2.05, 4.69) is 5.32 Å². The van der Waals surface area contributed by atoms with E-state index in [9.17, 15) is 9.18 Å². The second-order valence-corrected chi connectivity index (χ2v) is 4.86. The van der Waals surface area contributed by atoms with E-state index in [1.165, 1.54) is 12.3 Å². The highest BCUT2D eigenvalue weighted by molar-refractivity contribution is 5.97. The standard InChI is InChI=1S/C13H15FN2O/c1-13(2,7-15)9-5-8-3-4-16-12(17)11(8)10(14)6-9/h5-7,15H,3-4H2,1-2H3,(H,16,17). The van der Waals surface area contributed by atoms with Crippen molar-refractivity contribution in [2.75, 3.05) is 6.54 Å². The van der Waals surface area contributed by atoms with Gasteiger partial charge in [0.2, 0.25) is 0 Å². The van der Waals surface area contributed by atoms with Crippen LogP contribution in [0.15, 0.2) is 12.1 Å². The van der Waals surface area contributed by atoms with Crippen LogP contribution < -0.4 is 5.32 Å². The van der Waals surface area contributed by atoms with Crippen molar-refractivity contribution in [2.24, 2.45) is 0 Å². The quantitative estimate of drug-likeness (QED) is 0.756. The average molecular weight is 234 g/mol. The van der Waals surface area contributed by atoms with Crippen LogP contribution in [0.3, 0.4) is 0 Å². The lowest BCUT2D eigenvalue weighted by Crippen LogP contribution is -2.33. The Hall–Kier alpha value is -1.71. The molecule has 0 bridgehead atoms. The van der Waals surface area contributed by atoms with Gasteiger partial charge in [0.05, 0.1) is 5.56 Å². The van der Waals surface area contributed by atoms with Crippen LogP contribution in [0.5, 0.6) is 0 Å². The molecule has 2 rings (SSSR count). The fourth-order valence-corrected chi connectivity index (χ4v) is 1.97. The van der Waals surface area contributed by atoms with Gasteiger partial charge in [0.1, 0.15) is 5.82 Å². The summed E-state index contributed by atoms with van der Waals surface area (Å²) >= 11 is 0. The van der Waals surface area contributed by atoms with E-state index >= 15 is 0 Å². The second-order valence-electron chi connectivity index (χ2n) is 4.86. The Morgan fingerprint density at radius 3 is 2.82 bits per heavy atom. The maximum Gasteiger partial charge on any atom is 0.254 e. The van der Waals surface area contributed by atoms with Crippen molar-refractivity contribution in [1.82, 2.24) is 5.32 Å². The van der Waals surface area contributed by atoms with E-state index in [1.54, 1.807) is 0 Å². The minimum absolute atomic E-state index is 0.154. The van der Waals surface area contributed by atoms with Gasteiger partial charge in [0.25, 0.3) is 5.91 Å². The highest BCUT2D eigenvalue weighted by atomic mass is 19.1. The first-order valence-electron chi connectivity index (χ1n) is 5.58. The topological polar surface area (TPSA) is 53.0 Å². The summed E-state index contributed by atoms with van der Waals surface area (Å²) in [5.74, 6) is -0.840. The van der Waals surface area contributed by atoms with E-state index in [-0.39, 0.29) is 11.5 Å². The normalized spacial score (nSPS) is 15.1. The second kappa shape index (κ2) is 3.95. The number of benzene rings is 1. The first kappa shape index (κ1) is 11.8. The van der Waals surface area contributed by atoms with Crippen molar-refractivity contribution in [1.29, 1.82) is 5.41 Å². The highest BCUT2D eigenvalue weighted by Gasteiger charge is 2.25. The van der Waals surface area contributed by atoms with Crippen molar-refractivity contribution < 1.29 is 9.18 Å². The minimum atomic E-state index is -0.510. The molecular weight excluding hydrogens is 219 g/mol. The number of fused-ring (bicyclic) bond motifs is 1. The molecule has 0 spiro atoms. The van der Waals surface area contributed by atoms with Gasteiger partial charge >= 0.3 is 0 Å². The van der Waals surface area contributed by atoms with Crippen LogP contribution >= 0.6 is 0 Å². The van der Waals surface area contributed by atoms with E-state index in [4.69, 9.17) is 5.41 Å². The van der Waals surface area contributed by atoms with Gasteiger partial charge in [-0.05, 0) is 23.6 Å². The highest BCUT2D eigenvalue weighted by Crippen LogP contribution is 2.27. The number of carbonyl (C=O) groups is 1. The number of halogens is 1. The van der Waals surface area contributed by atoms with Gasteiger partial charge in [-0.2, -0.15) is 0 Å². The van der Waals surface area contributed by atoms with Crippen molar-refractivity contribution >= 4 is 12.1 Å². The van der Waals surface area contributed by atoms with Gasteiger partial charge in [0.15, 0.2) is 0 Å². The molecule has 0 fully saturated rings. The summed E-state index contributed by atoms with van der Waals surface area (Å²) < 4.78 is 13.9. The van der Waals surface area contributed by atoms with Crippen LogP contribution in [-0.2, 0) is 11.8 Å². The Labute approximate surface area is 99.5 Å². The van der Waals surface area contributed by atoms with Crippen LogP contribution in [0, 0.1) is 11.2 Å². The number of nitrogens with one attached hydrogen (secondary N) is 2. The maximum atomic E-state index is 13.9. The molecule has 3 nitrogen and oxygen atoms in total. The van der Waals surface area contributed by atoms with Gasteiger partial charge in [0, 0.05) is 18.2 Å². The van der Waals surface area contributed by atoms with Crippen LogP contribution in [0.2, 0.25) is 0 Å². The molecule has 1 amide bonds. The zero-order valence-corrected chi connectivity index (χ0v) is 9.93. The number of hydrogen-bond donors (Lipinski definition) is 2. The van der Waals surface area contributed by atoms with Gasteiger partial charge in [-0.1, -0.05) is 19.9 Å². The summed E-state index contributed by atoms with van der Waals surface area (Å²) in [6.07, 6.45) is 1.93. The lowest BCUT2D eigenvalue weighted by atomic mass is 9.83. The third-order valence-electron chi connectivity index (χ3n) is 3.18. The summed E-state index contributed by atoms with van der Waals surface area (Å²) in [4.78, 5) is 11.5. The molecule has 0 radical (unpaired) electrons. The van der Waals surface area contributed by atoms with Crippen molar-refractivity contribution in [2.45, 2.75) is 25.7 Å². The van der Waals surface area contributed by atoms with E-state index in [0.29, 0.717) is 13.0 Å². The van der Waals surface area contributed by atoms with Gasteiger partial charge in [-0.3, -0.25) is 4.79 Å². The first-order chi connectivity index (χ1) is 7.95. The Morgan fingerprint density at radius 1 is 1.47 bits per heavy atom. The van der Waals surface area contributed by atoms with E-state index in [0.717, 1.165) is 11.1 Å². The van der Waals surface area contributed by atoms with E-state index < -0.39 is 11.2 Å². The Kier molecular flexibility index (Phi) is 2.73. The zero-order valence-electron chi connectivity index (χ0n) is 9.93. The molecule has 90 valence electrons. The molecule has 0 saturated carbocycles. The molecule has 1 heterocycles. The SMILES string of the molecule is CC(C)(C=N)c1cc(F)c2c(c1)CCNC2=O. The van der Waals surface area contributed by atoms with E-state index in [1.807, 2.05) is 19.9 Å². The van der Waals surface area contributed by atoms with Crippen LogP contribution in [0.4, 0.5) is 4.39 Å². The Balaban J connectivity index is 2.58. The van der Waals surface area contributed by atoms with Crippen LogP contribution in [0.1, 0.15) is 35.3 Å². The lowest BCUT2D eigenvalue weighted by Gasteiger charge is -2.24. The molecule has 0 aromatic heterocycles. The fourth-order valence-electron chi connectivity index (χ4n) is 1.97. The molecule has 1 aliphatic rings. The lowest BCUT2D eigenvalue weighted by molar-refractivity contribution is 0.0941. The van der Waals surface area contributed by atoms with Crippen LogP contribution in [0.25, 0.3) is 0 Å². The number of rotatable bonds is 2. The summed E-state index contributed by atoms with van der Waals surface area (Å²) in [6.45, 7) is 4.24. The molecule has 0 aliphatic carbocycles. The summed E-state index contributed by atoms with van der Waals surface area (Å²) in [6, 6.07) is 3.19. The number of hydrogen-bond acceptors (Lipinski definition) is 2. The smallest absolute Gasteiger partial charge is 0.254 e. The first-order valence-corrected chi connectivity index (χ1v) is 5.58. The minimum Gasteiger partial charge on any atom is -0.352 e. The zero-order chi connectivity index (χ0) is 12.6. The summed E-state index contributed by atoms with van der Waals surface area (Å²) in [5, 5.41) is 9.99. The predicted octanol–water partition coefficient (Wildman–Crippen LogP) is 2.04. The van der Waals surface area contributed by atoms with Gasteiger partial charge in [-0.15, -0.1) is 0 Å². The largest absolute Gasteiger partial charge is 0.352 e. The molecule has 2 N–H and O–H groups in total. The molecule has 0 atom stereocenters. The summed E-state index contributed by atoms with van der Waals surface area (Å²) in [5.41, 5.74) is 1.11. The fraction of sp³-hybridized carbons (Fsp3) is 0.385. The van der Waals surface area contributed by atoms with Crippen molar-refractivity contribution in [3.8, 4) is 0 Å². The van der Waals surface area contributed by atoms with Crippen LogP contribution in [-0.4, -0.2) is 18.7 Å². The van der Waals surface area contributed by atoms with Crippen molar-refractivity contribution in [3.05, 3.63) is 34.6 Å². The molecule has 0 saturated heterocycles. The average Bonchev–Trinajstić information content (AvgIpc) is 2.28. The van der Waals surface area contributed by atoms with Gasteiger partial charge in [-0.25, -0.2) is 4.39 Å².